The zero-order valence-corrected chi connectivity index (χ0v) is 25.2. The molecule has 1 saturated heterocycles. The number of nitrogens with zero attached hydrogens (tertiary/aromatic N) is 2. The minimum absolute atomic E-state index is 0.124. The molecule has 4 rings (SSSR count). The number of nitrogens with one attached hydrogen (secondary N) is 2. The third-order valence-electron chi connectivity index (χ3n) is 6.81. The number of anilines is 1. The van der Waals surface area contributed by atoms with Gasteiger partial charge in [-0.25, -0.2) is 13.4 Å². The van der Waals surface area contributed by atoms with Crippen molar-refractivity contribution in [2.45, 2.75) is 32.0 Å². The van der Waals surface area contributed by atoms with Gasteiger partial charge in [0.25, 0.3) is 11.8 Å². The van der Waals surface area contributed by atoms with Crippen LogP contribution in [-0.2, 0) is 21.0 Å². The van der Waals surface area contributed by atoms with Crippen LogP contribution in [0.1, 0.15) is 41.3 Å². The summed E-state index contributed by atoms with van der Waals surface area (Å²) in [5.74, 6) is -2.32. The molecule has 2 unspecified atom stereocenters. The number of likely N-dealkylation sites (tertiary alicyclic amines) is 1. The van der Waals surface area contributed by atoms with E-state index in [0.29, 0.717) is 22.9 Å². The maximum absolute atomic E-state index is 14.1. The largest absolute Gasteiger partial charge is 0.416 e. The number of halogens is 4. The Hall–Kier alpha value is -4.36. The van der Waals surface area contributed by atoms with Crippen LogP contribution < -0.4 is 15.8 Å². The number of allylic oxidation sites excluding steroid dienone is 1. The molecule has 3 aromatic carbocycles. The minimum atomic E-state index is -4.69. The maximum atomic E-state index is 14.1. The molecule has 1 aliphatic rings. The molecule has 44 heavy (non-hydrogen) atoms. The van der Waals surface area contributed by atoms with E-state index >= 15 is 0 Å². The molecule has 14 heteroatoms. The van der Waals surface area contributed by atoms with Crippen LogP contribution in [0.2, 0.25) is 0 Å². The summed E-state index contributed by atoms with van der Waals surface area (Å²) in [6, 6.07) is 17.4. The highest BCUT2D eigenvalue weighted by atomic mass is 35.5. The van der Waals surface area contributed by atoms with E-state index in [1.54, 1.807) is 56.3 Å². The van der Waals surface area contributed by atoms with E-state index in [1.807, 2.05) is 0 Å². The highest BCUT2D eigenvalue weighted by Crippen LogP contribution is 2.38. The van der Waals surface area contributed by atoms with Gasteiger partial charge in [-0.1, -0.05) is 36.4 Å². The first kappa shape index (κ1) is 32.6. The van der Waals surface area contributed by atoms with Crippen molar-refractivity contribution in [2.24, 2.45) is 10.7 Å². The Morgan fingerprint density at radius 1 is 1.05 bits per heavy atom. The van der Waals surface area contributed by atoms with Gasteiger partial charge in [-0.05, 0) is 61.9 Å². The molecule has 2 amide bonds. The van der Waals surface area contributed by atoms with Crippen LogP contribution in [0.15, 0.2) is 95.1 Å². The van der Waals surface area contributed by atoms with Gasteiger partial charge in [-0.3, -0.25) is 19.2 Å². The van der Waals surface area contributed by atoms with Gasteiger partial charge in [-0.2, -0.15) is 13.2 Å². The van der Waals surface area contributed by atoms with Gasteiger partial charge in [0.05, 0.1) is 11.3 Å². The lowest BCUT2D eigenvalue weighted by Crippen LogP contribution is -2.59. The molecule has 0 saturated carbocycles. The van der Waals surface area contributed by atoms with Gasteiger partial charge in [0.15, 0.2) is 0 Å². The first-order chi connectivity index (χ1) is 20.8. The summed E-state index contributed by atoms with van der Waals surface area (Å²) >= 11 is 5.56. The lowest BCUT2D eigenvalue weighted by Gasteiger charge is -2.41. The molecular weight excluding hydrogens is 619 g/mol. The van der Waals surface area contributed by atoms with Crippen LogP contribution in [0.3, 0.4) is 0 Å². The number of para-hydroxylation sites is 1. The van der Waals surface area contributed by atoms with Gasteiger partial charge in [0, 0.05) is 35.0 Å². The minimum Gasteiger partial charge on any atom is -0.402 e. The van der Waals surface area contributed by atoms with Gasteiger partial charge in [0.2, 0.25) is 10.0 Å². The van der Waals surface area contributed by atoms with Crippen LogP contribution >= 0.6 is 11.6 Å². The Bertz CT molecular complexity index is 1730. The standard InChI is InChI=1S/C30H29ClF3N5O4S/c1-3-39-27(36-22-12-5-4-6-13-22)24(18(2)35)25(19-9-8-14-23(16-19)38-44(42,43)17-31)26(29(39)41)37-28(40)20-10-7-11-21(15-20)30(32,33)34/h4-16,25-26,38H,3,17,35H2,1-2H3,(H,37,40)/b24-18-,36-27?. The highest BCUT2D eigenvalue weighted by Gasteiger charge is 2.45. The summed E-state index contributed by atoms with van der Waals surface area (Å²) in [5, 5.41) is 1.92. The van der Waals surface area contributed by atoms with E-state index < -0.39 is 50.7 Å². The highest BCUT2D eigenvalue weighted by molar-refractivity contribution is 7.93. The van der Waals surface area contributed by atoms with Crippen molar-refractivity contribution in [1.82, 2.24) is 10.2 Å². The third kappa shape index (κ3) is 7.22. The zero-order valence-electron chi connectivity index (χ0n) is 23.6. The summed E-state index contributed by atoms with van der Waals surface area (Å²) in [4.78, 5) is 33.6. The van der Waals surface area contributed by atoms with Crippen molar-refractivity contribution in [1.29, 1.82) is 0 Å². The molecule has 2 atom stereocenters. The van der Waals surface area contributed by atoms with Crippen molar-refractivity contribution < 1.29 is 31.2 Å². The van der Waals surface area contributed by atoms with Crippen LogP contribution in [0.5, 0.6) is 0 Å². The fourth-order valence-corrected chi connectivity index (χ4v) is 5.61. The number of sulfonamides is 1. The third-order valence-corrected chi connectivity index (χ3v) is 8.50. The second kappa shape index (κ2) is 13.1. The number of nitrogens with two attached hydrogens (primary N) is 1. The number of carbonyl (C=O) groups is 2. The molecule has 1 fully saturated rings. The monoisotopic (exact) mass is 647 g/mol. The zero-order chi connectivity index (χ0) is 32.2. The fraction of sp³-hybridized carbons (Fsp3) is 0.233. The van der Waals surface area contributed by atoms with E-state index in [2.05, 4.69) is 10.0 Å². The number of likely N-dealkylation sites (N-methyl/N-ethyl adjacent to an activating group) is 1. The van der Waals surface area contributed by atoms with Crippen LogP contribution in [0.25, 0.3) is 0 Å². The molecule has 0 spiro atoms. The number of alkyl halides is 4. The van der Waals surface area contributed by atoms with E-state index in [0.717, 1.165) is 12.1 Å². The number of aliphatic imine (C=N–C) groups is 1. The number of piperidine rings is 1. The fourth-order valence-electron chi connectivity index (χ4n) is 4.91. The van der Waals surface area contributed by atoms with Crippen molar-refractivity contribution in [3.63, 3.8) is 0 Å². The molecule has 0 radical (unpaired) electrons. The van der Waals surface area contributed by atoms with Gasteiger partial charge >= 0.3 is 6.18 Å². The van der Waals surface area contributed by atoms with Gasteiger partial charge < -0.3 is 11.1 Å². The Labute approximate surface area is 257 Å². The quantitative estimate of drug-likeness (QED) is 0.284. The van der Waals surface area contributed by atoms with Gasteiger partial charge in [-0.15, -0.1) is 11.6 Å². The summed E-state index contributed by atoms with van der Waals surface area (Å²) in [7, 11) is -3.89. The smallest absolute Gasteiger partial charge is 0.402 e. The number of carbonyl (C=O) groups excluding carboxylic acids is 2. The number of hydrogen-bond donors (Lipinski definition) is 3. The van der Waals surface area contributed by atoms with Crippen molar-refractivity contribution in [3.8, 4) is 0 Å². The molecule has 0 aromatic heterocycles. The average Bonchev–Trinajstić information content (AvgIpc) is 2.98. The van der Waals surface area contributed by atoms with Gasteiger partial charge in [0.1, 0.15) is 17.1 Å². The predicted molar refractivity (Wildman–Crippen MR) is 163 cm³/mol. The molecular formula is C30H29ClF3N5O4S. The van der Waals surface area contributed by atoms with E-state index in [9.17, 15) is 31.2 Å². The summed E-state index contributed by atoms with van der Waals surface area (Å²) in [6.45, 7) is 3.42. The lowest BCUT2D eigenvalue weighted by atomic mass is 9.78. The Balaban J connectivity index is 1.89. The molecule has 4 N–H and O–H groups in total. The van der Waals surface area contributed by atoms with Crippen LogP contribution in [0, 0.1) is 0 Å². The SMILES string of the molecule is CCN1C(=O)C(NC(=O)c2cccc(C(F)(F)F)c2)C(c2cccc(NS(=O)(=O)CCl)c2)/C(=C(\C)N)C1=Nc1ccccc1. The molecule has 232 valence electrons. The number of amidine groups is 1. The normalized spacial score (nSPS) is 19.5. The number of rotatable bonds is 8. The van der Waals surface area contributed by atoms with E-state index in [1.165, 1.54) is 23.1 Å². The first-order valence-corrected chi connectivity index (χ1v) is 15.5. The number of amides is 2. The van der Waals surface area contributed by atoms with Crippen LogP contribution in [-0.4, -0.2) is 48.8 Å². The lowest BCUT2D eigenvalue weighted by molar-refractivity contribution is -0.137. The summed E-state index contributed by atoms with van der Waals surface area (Å²) < 4.78 is 66.9. The van der Waals surface area contributed by atoms with E-state index in [4.69, 9.17) is 22.3 Å². The second-order valence-electron chi connectivity index (χ2n) is 9.91. The molecule has 9 nitrogen and oxygen atoms in total. The topological polar surface area (TPSA) is 134 Å². The summed E-state index contributed by atoms with van der Waals surface area (Å²) in [6.07, 6.45) is -4.69. The molecule has 0 aliphatic carbocycles. The molecule has 1 aliphatic heterocycles. The Morgan fingerprint density at radius 3 is 2.34 bits per heavy atom. The second-order valence-corrected chi connectivity index (χ2v) is 12.2. The maximum Gasteiger partial charge on any atom is 0.416 e. The summed E-state index contributed by atoms with van der Waals surface area (Å²) in [5.41, 5.74) is 6.73. The molecule has 0 bridgehead atoms. The number of hydrogen-bond acceptors (Lipinski definition) is 6. The Kier molecular flexibility index (Phi) is 9.69. The molecule has 1 heterocycles. The first-order valence-electron chi connectivity index (χ1n) is 13.3. The van der Waals surface area contributed by atoms with Crippen molar-refractivity contribution in [2.75, 3.05) is 16.5 Å². The van der Waals surface area contributed by atoms with Crippen LogP contribution in [0.4, 0.5) is 24.5 Å². The van der Waals surface area contributed by atoms with Crippen molar-refractivity contribution >= 4 is 50.6 Å². The van der Waals surface area contributed by atoms with E-state index in [-0.39, 0.29) is 29.3 Å². The van der Waals surface area contributed by atoms with Crippen molar-refractivity contribution in [3.05, 3.63) is 107 Å². The molecule has 3 aromatic rings. The average molecular weight is 648 g/mol. The Morgan fingerprint density at radius 2 is 1.73 bits per heavy atom. The number of benzene rings is 3. The predicted octanol–water partition coefficient (Wildman–Crippen LogP) is 5.35.